The van der Waals surface area contributed by atoms with Crippen LogP contribution in [0, 0.1) is 11.3 Å². The van der Waals surface area contributed by atoms with Gasteiger partial charge in [0.2, 0.25) is 5.91 Å². The molecule has 1 aliphatic heterocycles. The van der Waals surface area contributed by atoms with Crippen molar-refractivity contribution in [2.24, 2.45) is 11.3 Å². The molecule has 0 spiro atoms. The first-order chi connectivity index (χ1) is 9.28. The van der Waals surface area contributed by atoms with Gasteiger partial charge in [0.25, 0.3) is 0 Å². The molecule has 2 atom stereocenters. The van der Waals surface area contributed by atoms with Crippen molar-refractivity contribution in [2.45, 2.75) is 53.2 Å². The lowest BCUT2D eigenvalue weighted by Gasteiger charge is -2.30. The SMILES string of the molecule is CC(C)CC1NC(c2ccsc2)N(CC(C)(C)C)C1=O. The number of carbonyl (C=O) groups is 1. The molecule has 20 heavy (non-hydrogen) atoms. The molecule has 1 fully saturated rings. The zero-order valence-corrected chi connectivity index (χ0v) is 14.0. The van der Waals surface area contributed by atoms with Crippen LogP contribution < -0.4 is 5.32 Å². The van der Waals surface area contributed by atoms with Gasteiger partial charge in [0.15, 0.2) is 0 Å². The minimum atomic E-state index is -0.0396. The Morgan fingerprint density at radius 2 is 2.10 bits per heavy atom. The maximum Gasteiger partial charge on any atom is 0.241 e. The van der Waals surface area contributed by atoms with Crippen LogP contribution in [0.5, 0.6) is 0 Å². The van der Waals surface area contributed by atoms with Gasteiger partial charge in [-0.1, -0.05) is 34.6 Å². The first-order valence-electron chi connectivity index (χ1n) is 7.36. The van der Waals surface area contributed by atoms with Crippen molar-refractivity contribution in [3.63, 3.8) is 0 Å². The maximum atomic E-state index is 12.7. The third kappa shape index (κ3) is 3.61. The van der Waals surface area contributed by atoms with E-state index in [2.05, 4.69) is 56.8 Å². The van der Waals surface area contributed by atoms with Gasteiger partial charge in [-0.15, -0.1) is 0 Å². The van der Waals surface area contributed by atoms with Crippen molar-refractivity contribution in [3.8, 4) is 0 Å². The summed E-state index contributed by atoms with van der Waals surface area (Å²) in [7, 11) is 0. The number of amides is 1. The smallest absolute Gasteiger partial charge is 0.241 e. The minimum absolute atomic E-state index is 0.0386. The van der Waals surface area contributed by atoms with Gasteiger partial charge in [0.05, 0.1) is 6.04 Å². The van der Waals surface area contributed by atoms with Gasteiger partial charge >= 0.3 is 0 Å². The van der Waals surface area contributed by atoms with Crippen LogP contribution in [0.4, 0.5) is 0 Å². The Kier molecular flexibility index (Phi) is 4.55. The van der Waals surface area contributed by atoms with E-state index in [-0.39, 0.29) is 23.5 Å². The standard InChI is InChI=1S/C16H26N2OS/c1-11(2)8-13-15(19)18(10-16(3,4)5)14(17-13)12-6-7-20-9-12/h6-7,9,11,13-14,17H,8,10H2,1-5H3. The number of hydrogen-bond acceptors (Lipinski definition) is 3. The second-order valence-electron chi connectivity index (χ2n) is 7.33. The Bertz CT molecular complexity index is 448. The third-order valence-corrected chi connectivity index (χ3v) is 4.16. The van der Waals surface area contributed by atoms with Crippen LogP contribution in [-0.2, 0) is 4.79 Å². The van der Waals surface area contributed by atoms with E-state index < -0.39 is 0 Å². The number of nitrogens with zero attached hydrogens (tertiary/aromatic N) is 1. The molecule has 1 aliphatic rings. The molecule has 0 bridgehead atoms. The summed E-state index contributed by atoms with van der Waals surface area (Å²) in [5, 5.41) is 7.74. The molecule has 0 aliphatic carbocycles. The van der Waals surface area contributed by atoms with E-state index in [1.54, 1.807) is 11.3 Å². The first-order valence-corrected chi connectivity index (χ1v) is 8.31. The largest absolute Gasteiger partial charge is 0.321 e. The molecule has 4 heteroatoms. The first kappa shape index (κ1) is 15.5. The van der Waals surface area contributed by atoms with E-state index in [1.807, 2.05) is 4.90 Å². The summed E-state index contributed by atoms with van der Waals surface area (Å²) in [6.07, 6.45) is 0.942. The average molecular weight is 294 g/mol. The molecule has 2 unspecified atom stereocenters. The Balaban J connectivity index is 2.21. The highest BCUT2D eigenvalue weighted by Gasteiger charge is 2.41. The highest BCUT2D eigenvalue weighted by molar-refractivity contribution is 7.07. The van der Waals surface area contributed by atoms with Crippen LogP contribution >= 0.6 is 11.3 Å². The predicted octanol–water partition coefficient (Wildman–Crippen LogP) is 3.64. The zero-order chi connectivity index (χ0) is 14.9. The molecule has 1 amide bonds. The minimum Gasteiger partial charge on any atom is -0.321 e. The molecule has 112 valence electrons. The summed E-state index contributed by atoms with van der Waals surface area (Å²) in [5.74, 6) is 0.777. The fourth-order valence-corrected chi connectivity index (χ4v) is 3.39. The van der Waals surface area contributed by atoms with E-state index in [0.717, 1.165) is 13.0 Å². The second-order valence-corrected chi connectivity index (χ2v) is 8.11. The Morgan fingerprint density at radius 3 is 2.60 bits per heavy atom. The van der Waals surface area contributed by atoms with E-state index >= 15 is 0 Å². The fourth-order valence-electron chi connectivity index (χ4n) is 2.71. The second kappa shape index (κ2) is 5.86. The molecule has 2 rings (SSSR count). The van der Waals surface area contributed by atoms with Gasteiger partial charge in [-0.05, 0) is 40.1 Å². The van der Waals surface area contributed by atoms with Gasteiger partial charge in [-0.3, -0.25) is 10.1 Å². The molecule has 1 aromatic heterocycles. The van der Waals surface area contributed by atoms with Crippen molar-refractivity contribution in [1.29, 1.82) is 0 Å². The van der Waals surface area contributed by atoms with Crippen LogP contribution in [0.25, 0.3) is 0 Å². The molecule has 1 aromatic rings. The lowest BCUT2D eigenvalue weighted by molar-refractivity contribution is -0.131. The van der Waals surface area contributed by atoms with E-state index in [9.17, 15) is 4.79 Å². The normalized spacial score (nSPS) is 23.9. The summed E-state index contributed by atoms with van der Waals surface area (Å²) < 4.78 is 0. The summed E-state index contributed by atoms with van der Waals surface area (Å²) in [6.45, 7) is 11.7. The van der Waals surface area contributed by atoms with Crippen molar-refractivity contribution < 1.29 is 4.79 Å². The molecule has 0 radical (unpaired) electrons. The topological polar surface area (TPSA) is 32.3 Å². The quantitative estimate of drug-likeness (QED) is 0.919. The molecule has 2 heterocycles. The predicted molar refractivity (Wildman–Crippen MR) is 84.6 cm³/mol. The number of hydrogen-bond donors (Lipinski definition) is 1. The van der Waals surface area contributed by atoms with Crippen LogP contribution in [-0.4, -0.2) is 23.4 Å². The lowest BCUT2D eigenvalue weighted by atomic mass is 9.95. The summed E-state index contributed by atoms with van der Waals surface area (Å²) in [6, 6.07) is 2.07. The zero-order valence-electron chi connectivity index (χ0n) is 13.1. The van der Waals surface area contributed by atoms with Crippen molar-refractivity contribution in [2.75, 3.05) is 6.54 Å². The van der Waals surface area contributed by atoms with Crippen LogP contribution in [0.15, 0.2) is 16.8 Å². The molecule has 0 aromatic carbocycles. The number of rotatable bonds is 4. The summed E-state index contributed by atoms with van der Waals surface area (Å²) in [5.41, 5.74) is 1.32. The Morgan fingerprint density at radius 1 is 1.40 bits per heavy atom. The molecular formula is C16H26N2OS. The number of thiophene rings is 1. The monoisotopic (exact) mass is 294 g/mol. The fraction of sp³-hybridized carbons (Fsp3) is 0.688. The maximum absolute atomic E-state index is 12.7. The molecular weight excluding hydrogens is 268 g/mol. The average Bonchev–Trinajstić information content (AvgIpc) is 2.90. The number of nitrogens with one attached hydrogen (secondary N) is 1. The number of carbonyl (C=O) groups excluding carboxylic acids is 1. The van der Waals surface area contributed by atoms with Crippen LogP contribution in [0.1, 0.15) is 52.8 Å². The van der Waals surface area contributed by atoms with Gasteiger partial charge in [0.1, 0.15) is 6.17 Å². The van der Waals surface area contributed by atoms with E-state index in [1.165, 1.54) is 5.56 Å². The van der Waals surface area contributed by atoms with Gasteiger partial charge < -0.3 is 4.90 Å². The molecule has 1 saturated heterocycles. The van der Waals surface area contributed by atoms with Crippen molar-refractivity contribution in [3.05, 3.63) is 22.4 Å². The van der Waals surface area contributed by atoms with Gasteiger partial charge in [0, 0.05) is 6.54 Å². The van der Waals surface area contributed by atoms with Crippen molar-refractivity contribution >= 4 is 17.2 Å². The third-order valence-electron chi connectivity index (χ3n) is 3.46. The Labute approximate surface area is 126 Å². The molecule has 3 nitrogen and oxygen atoms in total. The molecule has 1 N–H and O–H groups in total. The highest BCUT2D eigenvalue weighted by atomic mass is 32.1. The Hall–Kier alpha value is -0.870. The summed E-state index contributed by atoms with van der Waals surface area (Å²) >= 11 is 1.68. The van der Waals surface area contributed by atoms with E-state index in [4.69, 9.17) is 0 Å². The lowest BCUT2D eigenvalue weighted by Crippen LogP contribution is -2.37. The van der Waals surface area contributed by atoms with Crippen molar-refractivity contribution in [1.82, 2.24) is 10.2 Å². The van der Waals surface area contributed by atoms with Gasteiger partial charge in [-0.2, -0.15) is 11.3 Å². The van der Waals surface area contributed by atoms with E-state index in [0.29, 0.717) is 5.92 Å². The molecule has 0 saturated carbocycles. The highest BCUT2D eigenvalue weighted by Crippen LogP contribution is 2.31. The van der Waals surface area contributed by atoms with Gasteiger partial charge in [-0.25, -0.2) is 0 Å². The van der Waals surface area contributed by atoms with Crippen LogP contribution in [0.2, 0.25) is 0 Å². The summed E-state index contributed by atoms with van der Waals surface area (Å²) in [4.78, 5) is 14.7. The van der Waals surface area contributed by atoms with Crippen LogP contribution in [0.3, 0.4) is 0 Å².